The molecule has 2 aromatic carbocycles. The summed E-state index contributed by atoms with van der Waals surface area (Å²) in [7, 11) is 0. The SMILES string of the molecule is Cc1cccc(CNC(=O)CCC(=O)N2CCn3cccc3C2c2ccccc2)c1. The Morgan fingerprint density at radius 2 is 1.80 bits per heavy atom. The summed E-state index contributed by atoms with van der Waals surface area (Å²) < 4.78 is 2.20. The van der Waals surface area contributed by atoms with Crippen LogP contribution in [-0.2, 0) is 22.7 Å². The molecule has 154 valence electrons. The lowest BCUT2D eigenvalue weighted by atomic mass is 9.99. The zero-order valence-electron chi connectivity index (χ0n) is 17.3. The predicted octanol–water partition coefficient (Wildman–Crippen LogP) is 3.82. The van der Waals surface area contributed by atoms with Gasteiger partial charge >= 0.3 is 0 Å². The van der Waals surface area contributed by atoms with Crippen LogP contribution in [0.25, 0.3) is 0 Å². The van der Waals surface area contributed by atoms with Crippen molar-refractivity contribution in [3.05, 3.63) is 95.3 Å². The van der Waals surface area contributed by atoms with Crippen LogP contribution in [0.3, 0.4) is 0 Å². The van der Waals surface area contributed by atoms with Crippen molar-refractivity contribution in [3.63, 3.8) is 0 Å². The van der Waals surface area contributed by atoms with Gasteiger partial charge in [0, 0.05) is 44.4 Å². The summed E-state index contributed by atoms with van der Waals surface area (Å²) in [5.74, 6) is -0.0801. The van der Waals surface area contributed by atoms with E-state index >= 15 is 0 Å². The smallest absolute Gasteiger partial charge is 0.223 e. The van der Waals surface area contributed by atoms with Crippen molar-refractivity contribution in [2.24, 2.45) is 0 Å². The summed E-state index contributed by atoms with van der Waals surface area (Å²) in [6, 6.07) is 22.1. The highest BCUT2D eigenvalue weighted by Crippen LogP contribution is 2.32. The number of fused-ring (bicyclic) bond motifs is 1. The molecule has 4 rings (SSSR count). The fourth-order valence-corrected chi connectivity index (χ4v) is 4.11. The van der Waals surface area contributed by atoms with Gasteiger partial charge in [-0.3, -0.25) is 9.59 Å². The summed E-state index contributed by atoms with van der Waals surface area (Å²) in [4.78, 5) is 27.3. The lowest BCUT2D eigenvalue weighted by molar-refractivity contribution is -0.136. The van der Waals surface area contributed by atoms with Crippen molar-refractivity contribution in [2.75, 3.05) is 6.54 Å². The van der Waals surface area contributed by atoms with Gasteiger partial charge in [0.1, 0.15) is 0 Å². The maximum absolute atomic E-state index is 13.1. The number of nitrogens with one attached hydrogen (secondary N) is 1. The number of aryl methyl sites for hydroxylation is 1. The van der Waals surface area contributed by atoms with Crippen molar-refractivity contribution >= 4 is 11.8 Å². The van der Waals surface area contributed by atoms with E-state index in [1.807, 2.05) is 54.3 Å². The summed E-state index contributed by atoms with van der Waals surface area (Å²) in [6.45, 7) is 3.93. The molecule has 0 spiro atoms. The molecule has 2 heterocycles. The zero-order chi connectivity index (χ0) is 20.9. The number of benzene rings is 2. The third-order valence-electron chi connectivity index (χ3n) is 5.61. The van der Waals surface area contributed by atoms with Gasteiger partial charge in [0.05, 0.1) is 6.04 Å². The van der Waals surface area contributed by atoms with Gasteiger partial charge in [-0.25, -0.2) is 0 Å². The Morgan fingerprint density at radius 1 is 0.967 bits per heavy atom. The molecular weight excluding hydrogens is 374 g/mol. The fraction of sp³-hybridized carbons (Fsp3) is 0.280. The van der Waals surface area contributed by atoms with E-state index in [1.165, 1.54) is 5.56 Å². The standard InChI is InChI=1S/C25H27N3O2/c1-19-7-5-8-20(17-19)18-26-23(29)12-13-24(30)28-16-15-27-14-6-11-22(27)25(28)21-9-3-2-4-10-21/h2-11,14,17,25H,12-13,15-16,18H2,1H3,(H,26,29). The first kappa shape index (κ1) is 20.0. The van der Waals surface area contributed by atoms with Gasteiger partial charge in [0.15, 0.2) is 0 Å². The number of hydrogen-bond acceptors (Lipinski definition) is 2. The van der Waals surface area contributed by atoms with Gasteiger partial charge < -0.3 is 14.8 Å². The molecule has 1 atom stereocenters. The van der Waals surface area contributed by atoms with Gasteiger partial charge in [0.2, 0.25) is 11.8 Å². The van der Waals surface area contributed by atoms with Gasteiger partial charge in [-0.2, -0.15) is 0 Å². The third kappa shape index (κ3) is 4.46. The van der Waals surface area contributed by atoms with E-state index in [-0.39, 0.29) is 30.7 Å². The van der Waals surface area contributed by atoms with Gasteiger partial charge in [0.25, 0.3) is 0 Å². The van der Waals surface area contributed by atoms with Gasteiger partial charge in [-0.1, -0.05) is 60.2 Å². The van der Waals surface area contributed by atoms with E-state index in [0.29, 0.717) is 13.1 Å². The minimum absolute atomic E-state index is 0.0157. The highest BCUT2D eigenvalue weighted by atomic mass is 16.2. The predicted molar refractivity (Wildman–Crippen MR) is 117 cm³/mol. The van der Waals surface area contributed by atoms with Crippen LogP contribution in [0.2, 0.25) is 0 Å². The second-order valence-electron chi connectivity index (χ2n) is 7.79. The van der Waals surface area contributed by atoms with Crippen molar-refractivity contribution in [3.8, 4) is 0 Å². The first-order valence-electron chi connectivity index (χ1n) is 10.4. The van der Waals surface area contributed by atoms with Gasteiger partial charge in [-0.15, -0.1) is 0 Å². The molecular formula is C25H27N3O2. The largest absolute Gasteiger partial charge is 0.352 e. The van der Waals surface area contributed by atoms with Crippen LogP contribution in [-0.4, -0.2) is 27.8 Å². The number of nitrogens with zero attached hydrogens (tertiary/aromatic N) is 2. The highest BCUT2D eigenvalue weighted by Gasteiger charge is 2.31. The molecule has 0 fully saturated rings. The molecule has 3 aromatic rings. The van der Waals surface area contributed by atoms with Crippen LogP contribution in [0.1, 0.15) is 41.3 Å². The minimum Gasteiger partial charge on any atom is -0.352 e. The zero-order valence-corrected chi connectivity index (χ0v) is 17.3. The maximum Gasteiger partial charge on any atom is 0.223 e. The Bertz CT molecular complexity index is 1030. The average Bonchev–Trinajstić information content (AvgIpc) is 3.25. The van der Waals surface area contributed by atoms with E-state index in [4.69, 9.17) is 0 Å². The average molecular weight is 402 g/mol. The summed E-state index contributed by atoms with van der Waals surface area (Å²) >= 11 is 0. The van der Waals surface area contributed by atoms with Crippen molar-refractivity contribution in [1.82, 2.24) is 14.8 Å². The first-order chi connectivity index (χ1) is 14.6. The Morgan fingerprint density at radius 3 is 2.60 bits per heavy atom. The van der Waals surface area contributed by atoms with E-state index in [2.05, 4.69) is 40.3 Å². The summed E-state index contributed by atoms with van der Waals surface area (Å²) in [6.07, 6.45) is 2.47. The van der Waals surface area contributed by atoms with Crippen LogP contribution in [0.5, 0.6) is 0 Å². The van der Waals surface area contributed by atoms with Crippen molar-refractivity contribution in [1.29, 1.82) is 0 Å². The van der Waals surface area contributed by atoms with Crippen molar-refractivity contribution < 1.29 is 9.59 Å². The molecule has 1 aromatic heterocycles. The molecule has 1 aliphatic heterocycles. The second kappa shape index (κ2) is 8.99. The Kier molecular flexibility index (Phi) is 5.98. The molecule has 1 aliphatic rings. The molecule has 5 nitrogen and oxygen atoms in total. The number of amides is 2. The first-order valence-corrected chi connectivity index (χ1v) is 10.4. The minimum atomic E-state index is -0.113. The molecule has 5 heteroatoms. The molecule has 30 heavy (non-hydrogen) atoms. The lowest BCUT2D eigenvalue weighted by Crippen LogP contribution is -2.42. The molecule has 0 radical (unpaired) electrons. The molecule has 0 saturated heterocycles. The molecule has 0 bridgehead atoms. The van der Waals surface area contributed by atoms with Crippen LogP contribution in [0.15, 0.2) is 72.9 Å². The van der Waals surface area contributed by atoms with E-state index < -0.39 is 0 Å². The van der Waals surface area contributed by atoms with E-state index in [9.17, 15) is 9.59 Å². The van der Waals surface area contributed by atoms with Crippen LogP contribution >= 0.6 is 0 Å². The molecule has 1 unspecified atom stereocenters. The molecule has 1 N–H and O–H groups in total. The van der Waals surface area contributed by atoms with E-state index in [0.717, 1.165) is 23.4 Å². The number of aromatic nitrogens is 1. The highest BCUT2D eigenvalue weighted by molar-refractivity contribution is 5.84. The maximum atomic E-state index is 13.1. The molecule has 2 amide bonds. The normalized spacial score (nSPS) is 15.5. The summed E-state index contributed by atoms with van der Waals surface area (Å²) in [5, 5.41) is 2.93. The monoisotopic (exact) mass is 401 g/mol. The van der Waals surface area contributed by atoms with Crippen molar-refractivity contribution in [2.45, 2.75) is 38.9 Å². The molecule has 0 saturated carbocycles. The van der Waals surface area contributed by atoms with Crippen LogP contribution in [0, 0.1) is 6.92 Å². The Labute approximate surface area is 177 Å². The van der Waals surface area contributed by atoms with Gasteiger partial charge in [-0.05, 0) is 30.2 Å². The Hall–Kier alpha value is -3.34. The number of rotatable bonds is 6. The summed E-state index contributed by atoms with van der Waals surface area (Å²) in [5.41, 5.74) is 4.44. The van der Waals surface area contributed by atoms with Crippen LogP contribution in [0.4, 0.5) is 0 Å². The molecule has 0 aliphatic carbocycles. The lowest BCUT2D eigenvalue weighted by Gasteiger charge is -2.37. The van der Waals surface area contributed by atoms with Crippen LogP contribution < -0.4 is 5.32 Å². The quantitative estimate of drug-likeness (QED) is 0.683. The second-order valence-corrected chi connectivity index (χ2v) is 7.79. The topological polar surface area (TPSA) is 54.3 Å². The third-order valence-corrected chi connectivity index (χ3v) is 5.61. The van der Waals surface area contributed by atoms with E-state index in [1.54, 1.807) is 0 Å². The number of carbonyl (C=O) groups is 2. The Balaban J connectivity index is 1.39. The fourth-order valence-electron chi connectivity index (χ4n) is 4.11. The number of carbonyl (C=O) groups excluding carboxylic acids is 2. The number of hydrogen-bond donors (Lipinski definition) is 1.